The Balaban J connectivity index is 1.76. The van der Waals surface area contributed by atoms with Crippen molar-refractivity contribution in [2.75, 3.05) is 29.9 Å². The van der Waals surface area contributed by atoms with Crippen molar-refractivity contribution in [2.24, 2.45) is 0 Å². The number of nitrogens with one attached hydrogen (secondary N) is 3. The van der Waals surface area contributed by atoms with Gasteiger partial charge in [-0.1, -0.05) is 6.92 Å². The summed E-state index contributed by atoms with van der Waals surface area (Å²) in [6.07, 6.45) is 4.64. The molecule has 6 nitrogen and oxygen atoms in total. The first kappa shape index (κ1) is 18.1. The number of amides is 3. The van der Waals surface area contributed by atoms with Gasteiger partial charge in [0.25, 0.3) is 0 Å². The molecule has 0 bridgehead atoms. The van der Waals surface area contributed by atoms with E-state index in [9.17, 15) is 9.59 Å². The molecule has 0 radical (unpaired) electrons. The van der Waals surface area contributed by atoms with Crippen LogP contribution in [0, 0.1) is 0 Å². The van der Waals surface area contributed by atoms with Gasteiger partial charge in [-0.3, -0.25) is 4.79 Å². The van der Waals surface area contributed by atoms with Crippen LogP contribution in [-0.2, 0) is 4.79 Å². The lowest BCUT2D eigenvalue weighted by Crippen LogP contribution is -2.43. The third-order valence-corrected chi connectivity index (χ3v) is 4.27. The van der Waals surface area contributed by atoms with E-state index in [4.69, 9.17) is 0 Å². The summed E-state index contributed by atoms with van der Waals surface area (Å²) in [4.78, 5) is 25.8. The minimum Gasteiger partial charge on any atom is -0.372 e. The molecule has 1 heterocycles. The fraction of sp³-hybridized carbons (Fsp3) is 0.556. The van der Waals surface area contributed by atoms with Crippen LogP contribution in [0.3, 0.4) is 0 Å². The predicted molar refractivity (Wildman–Crippen MR) is 97.4 cm³/mol. The maximum absolute atomic E-state index is 11.9. The highest BCUT2D eigenvalue weighted by Gasteiger charge is 2.11. The first-order valence-corrected chi connectivity index (χ1v) is 8.77. The summed E-state index contributed by atoms with van der Waals surface area (Å²) in [5.41, 5.74) is 1.93. The zero-order valence-electron chi connectivity index (χ0n) is 14.6. The van der Waals surface area contributed by atoms with Crippen molar-refractivity contribution in [3.05, 3.63) is 24.3 Å². The quantitative estimate of drug-likeness (QED) is 0.750. The van der Waals surface area contributed by atoms with Gasteiger partial charge in [-0.05, 0) is 56.9 Å². The van der Waals surface area contributed by atoms with Gasteiger partial charge in [0.2, 0.25) is 5.91 Å². The lowest BCUT2D eigenvalue weighted by molar-refractivity contribution is -0.115. The Bertz CT molecular complexity index is 538. The van der Waals surface area contributed by atoms with Gasteiger partial charge in [-0.15, -0.1) is 0 Å². The van der Waals surface area contributed by atoms with Gasteiger partial charge in [0.1, 0.15) is 0 Å². The molecule has 3 amide bonds. The number of carbonyl (C=O) groups excluding carboxylic acids is 2. The summed E-state index contributed by atoms with van der Waals surface area (Å²) in [7, 11) is 0. The van der Waals surface area contributed by atoms with Gasteiger partial charge in [0.05, 0.1) is 6.54 Å². The molecule has 132 valence electrons. The zero-order chi connectivity index (χ0) is 17.4. The summed E-state index contributed by atoms with van der Waals surface area (Å²) in [6.45, 7) is 6.06. The van der Waals surface area contributed by atoms with Crippen LogP contribution in [0.15, 0.2) is 24.3 Å². The van der Waals surface area contributed by atoms with E-state index in [2.05, 4.69) is 20.9 Å². The highest BCUT2D eigenvalue weighted by atomic mass is 16.2. The molecule has 0 spiro atoms. The largest absolute Gasteiger partial charge is 0.372 e. The predicted octanol–water partition coefficient (Wildman–Crippen LogP) is 2.71. The summed E-state index contributed by atoms with van der Waals surface area (Å²) in [5, 5.41) is 8.11. The summed E-state index contributed by atoms with van der Waals surface area (Å²) in [6, 6.07) is 7.64. The normalized spacial score (nSPS) is 15.5. The minimum atomic E-state index is -0.319. The summed E-state index contributed by atoms with van der Waals surface area (Å²) >= 11 is 0. The van der Waals surface area contributed by atoms with E-state index < -0.39 is 0 Å². The SMILES string of the molecule is CCC(C)NC(=O)NCC(=O)Nc1ccc(N2CCCCC2)cc1. The van der Waals surface area contributed by atoms with Crippen molar-refractivity contribution in [3.63, 3.8) is 0 Å². The fourth-order valence-corrected chi connectivity index (χ4v) is 2.65. The lowest BCUT2D eigenvalue weighted by atomic mass is 10.1. The summed E-state index contributed by atoms with van der Waals surface area (Å²) < 4.78 is 0. The van der Waals surface area contributed by atoms with Gasteiger partial charge < -0.3 is 20.9 Å². The Morgan fingerprint density at radius 3 is 2.42 bits per heavy atom. The van der Waals surface area contributed by atoms with Crippen LogP contribution >= 0.6 is 0 Å². The standard InChI is InChI=1S/C18H28N4O2/c1-3-14(2)20-18(24)19-13-17(23)21-15-7-9-16(10-8-15)22-11-5-4-6-12-22/h7-10,14H,3-6,11-13H2,1-2H3,(H,21,23)(H2,19,20,24). The van der Waals surface area contributed by atoms with Crippen LogP contribution in [0.5, 0.6) is 0 Å². The van der Waals surface area contributed by atoms with Crippen molar-refractivity contribution in [3.8, 4) is 0 Å². The molecule has 1 fully saturated rings. The lowest BCUT2D eigenvalue weighted by Gasteiger charge is -2.28. The van der Waals surface area contributed by atoms with Crippen LogP contribution in [0.2, 0.25) is 0 Å². The molecule has 1 aliphatic heterocycles. The number of urea groups is 1. The average molecular weight is 332 g/mol. The van der Waals surface area contributed by atoms with Crippen LogP contribution in [0.1, 0.15) is 39.5 Å². The molecule has 1 atom stereocenters. The maximum atomic E-state index is 11.9. The number of carbonyl (C=O) groups is 2. The second kappa shape index (κ2) is 9.15. The molecule has 6 heteroatoms. The molecule has 0 saturated carbocycles. The molecule has 0 aromatic heterocycles. The van der Waals surface area contributed by atoms with Gasteiger partial charge in [-0.2, -0.15) is 0 Å². The van der Waals surface area contributed by atoms with E-state index in [-0.39, 0.29) is 24.5 Å². The molecule has 1 saturated heterocycles. The van der Waals surface area contributed by atoms with Gasteiger partial charge in [-0.25, -0.2) is 4.79 Å². The Kier molecular flexibility index (Phi) is 6.90. The molecule has 1 aromatic rings. The van der Waals surface area contributed by atoms with Crippen LogP contribution < -0.4 is 20.9 Å². The molecule has 1 unspecified atom stereocenters. The number of piperidine rings is 1. The Hall–Kier alpha value is -2.24. The summed E-state index contributed by atoms with van der Waals surface area (Å²) in [5.74, 6) is -0.236. The Morgan fingerprint density at radius 2 is 1.79 bits per heavy atom. The number of benzene rings is 1. The number of nitrogens with zero attached hydrogens (tertiary/aromatic N) is 1. The molecular weight excluding hydrogens is 304 g/mol. The molecule has 1 aromatic carbocycles. The van der Waals surface area contributed by atoms with Gasteiger partial charge >= 0.3 is 6.03 Å². The molecule has 2 rings (SSSR count). The van der Waals surface area contributed by atoms with Gasteiger partial charge in [0, 0.05) is 30.5 Å². The average Bonchev–Trinajstić information content (AvgIpc) is 2.61. The molecule has 1 aliphatic rings. The number of rotatable bonds is 6. The molecular formula is C18H28N4O2. The third-order valence-electron chi connectivity index (χ3n) is 4.27. The fourth-order valence-electron chi connectivity index (χ4n) is 2.65. The molecule has 3 N–H and O–H groups in total. The maximum Gasteiger partial charge on any atom is 0.315 e. The second-order valence-electron chi connectivity index (χ2n) is 6.28. The Labute approximate surface area is 144 Å². The van der Waals surface area contributed by atoms with Crippen LogP contribution in [0.4, 0.5) is 16.2 Å². The van der Waals surface area contributed by atoms with Crippen LogP contribution in [-0.4, -0.2) is 37.6 Å². The topological polar surface area (TPSA) is 73.5 Å². The smallest absolute Gasteiger partial charge is 0.315 e. The third kappa shape index (κ3) is 5.76. The highest BCUT2D eigenvalue weighted by Crippen LogP contribution is 2.21. The number of hydrogen-bond acceptors (Lipinski definition) is 3. The first-order valence-electron chi connectivity index (χ1n) is 8.77. The highest BCUT2D eigenvalue weighted by molar-refractivity contribution is 5.94. The van der Waals surface area contributed by atoms with E-state index >= 15 is 0 Å². The van der Waals surface area contributed by atoms with E-state index in [1.165, 1.54) is 24.9 Å². The zero-order valence-corrected chi connectivity index (χ0v) is 14.6. The van der Waals surface area contributed by atoms with Gasteiger partial charge in [0.15, 0.2) is 0 Å². The van der Waals surface area contributed by atoms with Crippen LogP contribution in [0.25, 0.3) is 0 Å². The monoisotopic (exact) mass is 332 g/mol. The number of anilines is 2. The molecule has 0 aliphatic carbocycles. The van der Waals surface area contributed by atoms with E-state index in [1.807, 2.05) is 38.1 Å². The first-order chi connectivity index (χ1) is 11.6. The Morgan fingerprint density at radius 1 is 1.12 bits per heavy atom. The van der Waals surface area contributed by atoms with Crippen molar-refractivity contribution in [1.29, 1.82) is 0 Å². The van der Waals surface area contributed by atoms with E-state index in [1.54, 1.807) is 0 Å². The van der Waals surface area contributed by atoms with E-state index in [0.717, 1.165) is 25.2 Å². The molecule has 24 heavy (non-hydrogen) atoms. The van der Waals surface area contributed by atoms with Crippen molar-refractivity contribution in [1.82, 2.24) is 10.6 Å². The van der Waals surface area contributed by atoms with Crippen molar-refractivity contribution >= 4 is 23.3 Å². The second-order valence-corrected chi connectivity index (χ2v) is 6.28. The van der Waals surface area contributed by atoms with E-state index in [0.29, 0.717) is 0 Å². The minimum absolute atomic E-state index is 0.0455. The van der Waals surface area contributed by atoms with Crippen molar-refractivity contribution in [2.45, 2.75) is 45.6 Å². The number of hydrogen-bond donors (Lipinski definition) is 3. The van der Waals surface area contributed by atoms with Crippen molar-refractivity contribution < 1.29 is 9.59 Å².